The van der Waals surface area contributed by atoms with Gasteiger partial charge in [-0.1, -0.05) is 30.3 Å². The Kier molecular flexibility index (Phi) is 4.06. The molecule has 2 aromatic heterocycles. The monoisotopic (exact) mass is 324 g/mol. The van der Waals surface area contributed by atoms with Crippen molar-refractivity contribution in [1.82, 2.24) is 14.5 Å². The minimum atomic E-state index is -0.300. The van der Waals surface area contributed by atoms with Crippen LogP contribution in [-0.4, -0.2) is 25.7 Å². The molecule has 1 aromatic carbocycles. The molecule has 2 atom stereocenters. The molecule has 0 bridgehead atoms. The maximum Gasteiger partial charge on any atom is 0.144 e. The average molecular weight is 324 g/mol. The molecule has 0 amide bonds. The summed E-state index contributed by atoms with van der Waals surface area (Å²) in [6.45, 7) is 0. The first-order valence-corrected chi connectivity index (χ1v) is 8.79. The van der Waals surface area contributed by atoms with Crippen LogP contribution in [-0.2, 0) is 5.75 Å². The average Bonchev–Trinajstić information content (AvgIpc) is 3.20. The molecule has 0 spiro atoms. The van der Waals surface area contributed by atoms with E-state index in [2.05, 4.69) is 51.1 Å². The number of aliphatic hydroxyl groups excluding tert-OH is 1. The van der Waals surface area contributed by atoms with E-state index in [0.29, 0.717) is 6.04 Å². The van der Waals surface area contributed by atoms with Crippen LogP contribution >= 0.6 is 11.8 Å². The Hall–Kier alpha value is -1.85. The molecule has 0 unspecified atom stereocenters. The first kappa shape index (κ1) is 14.7. The second-order valence-electron chi connectivity index (χ2n) is 5.84. The maximum atomic E-state index is 9.73. The van der Waals surface area contributed by atoms with Gasteiger partial charge in [-0.25, -0.2) is 9.97 Å². The summed E-state index contributed by atoms with van der Waals surface area (Å²) in [6, 6.07) is 12.8. The normalized spacial score (nSPS) is 21.1. The van der Waals surface area contributed by atoms with Gasteiger partial charge in [-0.3, -0.25) is 0 Å². The van der Waals surface area contributed by atoms with Crippen molar-refractivity contribution in [3.05, 3.63) is 60.9 Å². The predicted octanol–water partition coefficient (Wildman–Crippen LogP) is 3.62. The fourth-order valence-corrected chi connectivity index (χ4v) is 4.03. The Balaban J connectivity index is 1.60. The van der Waals surface area contributed by atoms with Gasteiger partial charge >= 0.3 is 0 Å². The van der Waals surface area contributed by atoms with Gasteiger partial charge in [-0.05, 0) is 30.9 Å². The van der Waals surface area contributed by atoms with Crippen LogP contribution in [0, 0.1) is 6.42 Å². The molecule has 1 fully saturated rings. The van der Waals surface area contributed by atoms with Gasteiger partial charge in [0.15, 0.2) is 0 Å². The third-order valence-electron chi connectivity index (χ3n) is 4.28. The van der Waals surface area contributed by atoms with Crippen molar-refractivity contribution >= 4 is 22.8 Å². The number of thioether (sulfide) groups is 1. The van der Waals surface area contributed by atoms with Gasteiger partial charge in [-0.15, -0.1) is 11.8 Å². The van der Waals surface area contributed by atoms with Gasteiger partial charge in [-0.2, -0.15) is 0 Å². The van der Waals surface area contributed by atoms with Gasteiger partial charge in [0.05, 0.1) is 11.5 Å². The van der Waals surface area contributed by atoms with Crippen LogP contribution in [0.3, 0.4) is 0 Å². The summed E-state index contributed by atoms with van der Waals surface area (Å²) in [7, 11) is 0. The van der Waals surface area contributed by atoms with E-state index in [1.807, 2.05) is 12.5 Å². The molecule has 23 heavy (non-hydrogen) atoms. The Labute approximate surface area is 139 Å². The molecule has 1 aliphatic rings. The van der Waals surface area contributed by atoms with Gasteiger partial charge in [0, 0.05) is 18.0 Å². The highest BCUT2D eigenvalue weighted by Gasteiger charge is 2.25. The van der Waals surface area contributed by atoms with Crippen molar-refractivity contribution in [2.24, 2.45) is 0 Å². The highest BCUT2D eigenvalue weighted by molar-refractivity contribution is 7.98. The zero-order chi connectivity index (χ0) is 15.6. The largest absolute Gasteiger partial charge is 0.393 e. The van der Waals surface area contributed by atoms with E-state index in [-0.39, 0.29) is 6.10 Å². The minimum absolute atomic E-state index is 0.296. The van der Waals surface area contributed by atoms with Crippen molar-refractivity contribution in [1.29, 1.82) is 0 Å². The van der Waals surface area contributed by atoms with E-state index in [0.717, 1.165) is 34.7 Å². The summed E-state index contributed by atoms with van der Waals surface area (Å²) in [5.74, 6) is 0.897. The van der Waals surface area contributed by atoms with E-state index in [4.69, 9.17) is 0 Å². The van der Waals surface area contributed by atoms with Crippen LogP contribution in [0.5, 0.6) is 0 Å². The molecular weight excluding hydrogens is 306 g/mol. The summed E-state index contributed by atoms with van der Waals surface area (Å²) >= 11 is 1.74. The zero-order valence-corrected chi connectivity index (χ0v) is 13.5. The molecule has 0 aliphatic heterocycles. The molecule has 1 saturated carbocycles. The number of hydrogen-bond acceptors (Lipinski definition) is 4. The fourth-order valence-electron chi connectivity index (χ4n) is 3.10. The number of aliphatic hydroxyl groups is 1. The van der Waals surface area contributed by atoms with Crippen LogP contribution in [0.2, 0.25) is 0 Å². The molecule has 4 rings (SSSR count). The van der Waals surface area contributed by atoms with E-state index in [9.17, 15) is 5.11 Å². The first-order valence-electron chi connectivity index (χ1n) is 7.81. The van der Waals surface area contributed by atoms with E-state index in [1.165, 1.54) is 5.56 Å². The quantitative estimate of drug-likeness (QED) is 0.588. The number of nitrogens with zero attached hydrogens (tertiary/aromatic N) is 3. The topological polar surface area (TPSA) is 50.9 Å². The Morgan fingerprint density at radius 2 is 2.04 bits per heavy atom. The van der Waals surface area contributed by atoms with E-state index >= 15 is 0 Å². The van der Waals surface area contributed by atoms with Gasteiger partial charge in [0.2, 0.25) is 0 Å². The van der Waals surface area contributed by atoms with Gasteiger partial charge < -0.3 is 9.67 Å². The number of rotatable bonds is 4. The summed E-state index contributed by atoms with van der Waals surface area (Å²) in [5.41, 5.74) is 2.25. The summed E-state index contributed by atoms with van der Waals surface area (Å²) < 4.78 is 2.18. The molecule has 1 radical (unpaired) electrons. The molecule has 0 saturated heterocycles. The van der Waals surface area contributed by atoms with Crippen LogP contribution in [0.15, 0.2) is 53.9 Å². The Bertz CT molecular complexity index is 802. The number of fused-ring (bicyclic) bond motifs is 1. The maximum absolute atomic E-state index is 9.73. The lowest BCUT2D eigenvalue weighted by molar-refractivity contribution is 0.206. The van der Waals surface area contributed by atoms with Crippen LogP contribution in [0.25, 0.3) is 11.0 Å². The summed E-state index contributed by atoms with van der Waals surface area (Å²) in [6.07, 6.45) is 7.04. The SMILES string of the molecule is O[C@H]1[CH]C[C@@H](n2ccc3c(SCc4ccccc4)ncnc32)C1. The smallest absolute Gasteiger partial charge is 0.144 e. The van der Waals surface area contributed by atoms with Crippen LogP contribution < -0.4 is 0 Å². The second kappa shape index (κ2) is 6.34. The summed E-state index contributed by atoms with van der Waals surface area (Å²) in [4.78, 5) is 8.93. The molecular formula is C18H18N3OS. The lowest BCUT2D eigenvalue weighted by Gasteiger charge is -2.13. The highest BCUT2D eigenvalue weighted by Crippen LogP contribution is 2.34. The van der Waals surface area contributed by atoms with Gasteiger partial charge in [0.1, 0.15) is 17.0 Å². The van der Waals surface area contributed by atoms with Crippen LogP contribution in [0.1, 0.15) is 24.4 Å². The predicted molar refractivity (Wildman–Crippen MR) is 92.1 cm³/mol. The molecule has 1 N–H and O–H groups in total. The lowest BCUT2D eigenvalue weighted by atomic mass is 10.2. The molecule has 1 aliphatic carbocycles. The summed E-state index contributed by atoms with van der Waals surface area (Å²) in [5, 5.41) is 11.8. The zero-order valence-electron chi connectivity index (χ0n) is 12.7. The van der Waals surface area contributed by atoms with Crippen molar-refractivity contribution < 1.29 is 5.11 Å². The van der Waals surface area contributed by atoms with Crippen LogP contribution in [0.4, 0.5) is 0 Å². The third-order valence-corrected chi connectivity index (χ3v) is 5.35. The van der Waals surface area contributed by atoms with Crippen molar-refractivity contribution in [2.45, 2.75) is 35.8 Å². The Morgan fingerprint density at radius 1 is 1.17 bits per heavy atom. The van der Waals surface area contributed by atoms with E-state index < -0.39 is 0 Å². The van der Waals surface area contributed by atoms with Crippen molar-refractivity contribution in [3.63, 3.8) is 0 Å². The third kappa shape index (κ3) is 2.99. The standard InChI is InChI=1S/C18H18N3OS/c22-15-7-6-14(10-15)21-9-8-16-17(21)19-12-20-18(16)23-11-13-4-2-1-3-5-13/h1-5,7-9,12,14-15,22H,6,10-11H2/t14-,15+/m1/s1. The molecule has 3 aromatic rings. The molecule has 2 heterocycles. The van der Waals surface area contributed by atoms with Crippen molar-refractivity contribution in [2.75, 3.05) is 0 Å². The Morgan fingerprint density at radius 3 is 2.83 bits per heavy atom. The molecule has 4 nitrogen and oxygen atoms in total. The first-order chi connectivity index (χ1) is 11.3. The minimum Gasteiger partial charge on any atom is -0.393 e. The highest BCUT2D eigenvalue weighted by atomic mass is 32.2. The fraction of sp³-hybridized carbons (Fsp3) is 0.278. The number of hydrogen-bond donors (Lipinski definition) is 1. The van der Waals surface area contributed by atoms with E-state index in [1.54, 1.807) is 18.1 Å². The number of aromatic nitrogens is 3. The number of benzene rings is 1. The van der Waals surface area contributed by atoms with Gasteiger partial charge in [0.25, 0.3) is 0 Å². The lowest BCUT2D eigenvalue weighted by Crippen LogP contribution is -2.06. The molecule has 117 valence electrons. The van der Waals surface area contributed by atoms with Crippen molar-refractivity contribution in [3.8, 4) is 0 Å². The molecule has 5 heteroatoms. The second-order valence-corrected chi connectivity index (χ2v) is 6.81.